The first-order valence-corrected chi connectivity index (χ1v) is 6.35. The summed E-state index contributed by atoms with van der Waals surface area (Å²) in [4.78, 5) is 13.6. The monoisotopic (exact) mass is 227 g/mol. The SMILES string of the molecule is CN(C)CCC(C)(C(=O)O)C1CCCCC1. The van der Waals surface area contributed by atoms with Crippen molar-refractivity contribution >= 4 is 5.97 Å². The number of carboxylic acids is 1. The molecule has 0 aliphatic heterocycles. The van der Waals surface area contributed by atoms with Crippen LogP contribution >= 0.6 is 0 Å². The van der Waals surface area contributed by atoms with E-state index in [9.17, 15) is 9.90 Å². The summed E-state index contributed by atoms with van der Waals surface area (Å²) in [5, 5.41) is 9.48. The first kappa shape index (κ1) is 13.5. The maximum Gasteiger partial charge on any atom is 0.309 e. The molecule has 1 aliphatic carbocycles. The van der Waals surface area contributed by atoms with E-state index in [1.807, 2.05) is 21.0 Å². The Morgan fingerprint density at radius 1 is 1.31 bits per heavy atom. The molecule has 0 aromatic heterocycles. The van der Waals surface area contributed by atoms with Gasteiger partial charge in [0, 0.05) is 0 Å². The molecule has 0 heterocycles. The van der Waals surface area contributed by atoms with Gasteiger partial charge in [-0.05, 0) is 52.7 Å². The summed E-state index contributed by atoms with van der Waals surface area (Å²) in [7, 11) is 4.01. The molecule has 0 spiro atoms. The van der Waals surface area contributed by atoms with Gasteiger partial charge in [0.05, 0.1) is 5.41 Å². The predicted molar refractivity (Wildman–Crippen MR) is 65.5 cm³/mol. The molecule has 1 N–H and O–H groups in total. The van der Waals surface area contributed by atoms with Crippen LogP contribution in [-0.2, 0) is 4.79 Å². The minimum Gasteiger partial charge on any atom is -0.481 e. The molecular weight excluding hydrogens is 202 g/mol. The zero-order chi connectivity index (χ0) is 12.2. The van der Waals surface area contributed by atoms with E-state index in [-0.39, 0.29) is 0 Å². The summed E-state index contributed by atoms with van der Waals surface area (Å²) in [6.07, 6.45) is 6.64. The van der Waals surface area contributed by atoms with Crippen molar-refractivity contribution in [3.8, 4) is 0 Å². The normalized spacial score (nSPS) is 22.0. The van der Waals surface area contributed by atoms with Crippen molar-refractivity contribution in [3.63, 3.8) is 0 Å². The van der Waals surface area contributed by atoms with Gasteiger partial charge < -0.3 is 10.0 Å². The van der Waals surface area contributed by atoms with Gasteiger partial charge in [-0.1, -0.05) is 19.3 Å². The summed E-state index contributed by atoms with van der Waals surface area (Å²) in [6.45, 7) is 2.80. The van der Waals surface area contributed by atoms with Crippen molar-refractivity contribution in [1.29, 1.82) is 0 Å². The molecular formula is C13H25NO2. The first-order chi connectivity index (χ1) is 7.47. The van der Waals surface area contributed by atoms with Gasteiger partial charge in [-0.3, -0.25) is 4.79 Å². The molecule has 3 nitrogen and oxygen atoms in total. The molecule has 1 fully saturated rings. The molecule has 0 saturated heterocycles. The van der Waals surface area contributed by atoms with Crippen molar-refractivity contribution in [2.24, 2.45) is 11.3 Å². The average Bonchev–Trinajstić information content (AvgIpc) is 2.26. The van der Waals surface area contributed by atoms with Crippen LogP contribution in [0.1, 0.15) is 45.4 Å². The minimum absolute atomic E-state index is 0.374. The number of rotatable bonds is 5. The van der Waals surface area contributed by atoms with Gasteiger partial charge in [0.1, 0.15) is 0 Å². The molecule has 0 aromatic carbocycles. The van der Waals surface area contributed by atoms with Crippen LogP contribution in [0, 0.1) is 11.3 Å². The van der Waals surface area contributed by atoms with Crippen LogP contribution in [0.4, 0.5) is 0 Å². The lowest BCUT2D eigenvalue weighted by Crippen LogP contribution is -2.39. The zero-order valence-corrected chi connectivity index (χ0v) is 10.8. The molecule has 94 valence electrons. The third-order valence-corrected chi connectivity index (χ3v) is 4.07. The van der Waals surface area contributed by atoms with Gasteiger partial charge in [-0.2, -0.15) is 0 Å². The van der Waals surface area contributed by atoms with Crippen LogP contribution < -0.4 is 0 Å². The number of carbonyl (C=O) groups is 1. The van der Waals surface area contributed by atoms with E-state index < -0.39 is 11.4 Å². The average molecular weight is 227 g/mol. The molecule has 0 amide bonds. The molecule has 1 unspecified atom stereocenters. The topological polar surface area (TPSA) is 40.5 Å². The third-order valence-electron chi connectivity index (χ3n) is 4.07. The third kappa shape index (κ3) is 3.21. The summed E-state index contributed by atoms with van der Waals surface area (Å²) in [5.41, 5.74) is -0.523. The van der Waals surface area contributed by atoms with E-state index in [1.165, 1.54) is 19.3 Å². The fraction of sp³-hybridized carbons (Fsp3) is 0.923. The van der Waals surface area contributed by atoms with Crippen molar-refractivity contribution in [3.05, 3.63) is 0 Å². The van der Waals surface area contributed by atoms with Gasteiger partial charge in [0.2, 0.25) is 0 Å². The van der Waals surface area contributed by atoms with Crippen molar-refractivity contribution in [2.75, 3.05) is 20.6 Å². The molecule has 3 heteroatoms. The molecule has 1 atom stereocenters. The number of hydrogen-bond donors (Lipinski definition) is 1. The second kappa shape index (κ2) is 5.67. The van der Waals surface area contributed by atoms with Gasteiger partial charge in [0.15, 0.2) is 0 Å². The molecule has 0 bridgehead atoms. The second-order valence-corrected chi connectivity index (χ2v) is 5.61. The summed E-state index contributed by atoms with van der Waals surface area (Å²) in [6, 6.07) is 0. The molecule has 1 saturated carbocycles. The molecule has 0 radical (unpaired) electrons. The second-order valence-electron chi connectivity index (χ2n) is 5.61. The first-order valence-electron chi connectivity index (χ1n) is 6.35. The van der Waals surface area contributed by atoms with Crippen LogP contribution in [0.3, 0.4) is 0 Å². The summed E-state index contributed by atoms with van der Waals surface area (Å²) < 4.78 is 0. The van der Waals surface area contributed by atoms with Gasteiger partial charge in [-0.25, -0.2) is 0 Å². The highest BCUT2D eigenvalue weighted by Gasteiger charge is 2.41. The summed E-state index contributed by atoms with van der Waals surface area (Å²) in [5.74, 6) is -0.236. The molecule has 16 heavy (non-hydrogen) atoms. The Balaban J connectivity index is 2.66. The zero-order valence-electron chi connectivity index (χ0n) is 10.8. The van der Waals surface area contributed by atoms with Gasteiger partial charge in [-0.15, -0.1) is 0 Å². The number of nitrogens with zero attached hydrogens (tertiary/aromatic N) is 1. The fourth-order valence-electron chi connectivity index (χ4n) is 2.68. The Kier molecular flexibility index (Phi) is 4.78. The Morgan fingerprint density at radius 2 is 1.88 bits per heavy atom. The van der Waals surface area contributed by atoms with E-state index >= 15 is 0 Å². The number of carboxylic acid groups (broad SMARTS) is 1. The highest BCUT2D eigenvalue weighted by atomic mass is 16.4. The molecule has 1 rings (SSSR count). The number of hydrogen-bond acceptors (Lipinski definition) is 2. The highest BCUT2D eigenvalue weighted by Crippen LogP contribution is 2.41. The maximum atomic E-state index is 11.5. The number of aliphatic carboxylic acids is 1. The smallest absolute Gasteiger partial charge is 0.309 e. The van der Waals surface area contributed by atoms with Crippen LogP contribution in [0.25, 0.3) is 0 Å². The van der Waals surface area contributed by atoms with Crippen molar-refractivity contribution in [1.82, 2.24) is 4.90 Å². The lowest BCUT2D eigenvalue weighted by Gasteiger charge is -2.37. The fourth-order valence-corrected chi connectivity index (χ4v) is 2.68. The van der Waals surface area contributed by atoms with E-state index in [2.05, 4.69) is 4.90 Å². The van der Waals surface area contributed by atoms with Crippen LogP contribution in [0.2, 0.25) is 0 Å². The van der Waals surface area contributed by atoms with Gasteiger partial charge in [0.25, 0.3) is 0 Å². The molecule has 1 aliphatic rings. The Labute approximate surface area is 98.8 Å². The van der Waals surface area contributed by atoms with Crippen LogP contribution in [-0.4, -0.2) is 36.6 Å². The summed E-state index contributed by atoms with van der Waals surface area (Å²) >= 11 is 0. The maximum absolute atomic E-state index is 11.5. The lowest BCUT2D eigenvalue weighted by molar-refractivity contribution is -0.153. The molecule has 0 aromatic rings. The lowest BCUT2D eigenvalue weighted by atomic mass is 9.68. The Morgan fingerprint density at radius 3 is 2.31 bits per heavy atom. The van der Waals surface area contributed by atoms with E-state index in [0.717, 1.165) is 25.8 Å². The Bertz CT molecular complexity index is 234. The van der Waals surface area contributed by atoms with Gasteiger partial charge >= 0.3 is 5.97 Å². The van der Waals surface area contributed by atoms with Crippen LogP contribution in [0.15, 0.2) is 0 Å². The largest absolute Gasteiger partial charge is 0.481 e. The Hall–Kier alpha value is -0.570. The highest BCUT2D eigenvalue weighted by molar-refractivity contribution is 5.74. The van der Waals surface area contributed by atoms with Crippen LogP contribution in [0.5, 0.6) is 0 Å². The minimum atomic E-state index is -0.610. The van der Waals surface area contributed by atoms with Crippen molar-refractivity contribution < 1.29 is 9.90 Å². The standard InChI is InChI=1S/C13H25NO2/c1-13(12(15)16,9-10-14(2)3)11-7-5-4-6-8-11/h11H,4-10H2,1-3H3,(H,15,16). The quantitative estimate of drug-likeness (QED) is 0.785. The predicted octanol–water partition coefficient (Wildman–Crippen LogP) is 2.61. The van der Waals surface area contributed by atoms with E-state index in [4.69, 9.17) is 0 Å². The van der Waals surface area contributed by atoms with E-state index in [0.29, 0.717) is 5.92 Å². The van der Waals surface area contributed by atoms with E-state index in [1.54, 1.807) is 0 Å². The van der Waals surface area contributed by atoms with Crippen molar-refractivity contribution in [2.45, 2.75) is 45.4 Å².